The highest BCUT2D eigenvalue weighted by Gasteiger charge is 2.13. The van der Waals surface area contributed by atoms with Gasteiger partial charge in [-0.1, -0.05) is 36.4 Å². The molecule has 6 nitrogen and oxygen atoms in total. The number of hydrazone groups is 1. The van der Waals surface area contributed by atoms with E-state index >= 15 is 0 Å². The molecular formula is C21H21N3O3. The predicted octanol–water partition coefficient (Wildman–Crippen LogP) is 3.50. The lowest BCUT2D eigenvalue weighted by Gasteiger charge is -2.15. The molecule has 3 aromatic rings. The summed E-state index contributed by atoms with van der Waals surface area (Å²) in [5.74, 6) is 0.351. The molecule has 0 spiro atoms. The molecular weight excluding hydrogens is 342 g/mol. The smallest absolute Gasteiger partial charge is 0.262 e. The number of aromatic hydroxyl groups is 1. The van der Waals surface area contributed by atoms with Crippen molar-refractivity contribution in [3.05, 3.63) is 66.2 Å². The third-order valence-electron chi connectivity index (χ3n) is 4.17. The lowest BCUT2D eigenvalue weighted by Crippen LogP contribution is -2.34. The maximum atomic E-state index is 12.3. The van der Waals surface area contributed by atoms with Crippen LogP contribution in [-0.2, 0) is 4.79 Å². The molecule has 0 aliphatic rings. The second-order valence-electron chi connectivity index (χ2n) is 6.05. The first-order valence-electron chi connectivity index (χ1n) is 8.52. The summed E-state index contributed by atoms with van der Waals surface area (Å²) < 4.78 is 5.11. The van der Waals surface area contributed by atoms with E-state index in [0.29, 0.717) is 11.3 Å². The Bertz CT molecular complexity index is 980. The Morgan fingerprint density at radius 2 is 1.93 bits per heavy atom. The standard InChI is InChI=1S/C21H21N3O3/c1-14(23-19-9-5-7-15-6-3-4-8-18(15)19)21(26)24-22-13-16-12-17(27-2)10-11-20(16)25/h3-14,23,25H,1-2H3,(H,24,26)/b22-13+. The third kappa shape index (κ3) is 4.36. The fourth-order valence-electron chi connectivity index (χ4n) is 2.68. The minimum absolute atomic E-state index is 0.0516. The van der Waals surface area contributed by atoms with Gasteiger partial charge in [0.15, 0.2) is 0 Å². The summed E-state index contributed by atoms with van der Waals surface area (Å²) in [5.41, 5.74) is 3.81. The normalized spacial score (nSPS) is 12.1. The maximum absolute atomic E-state index is 12.3. The van der Waals surface area contributed by atoms with E-state index < -0.39 is 6.04 Å². The van der Waals surface area contributed by atoms with Crippen LogP contribution in [0.5, 0.6) is 11.5 Å². The summed E-state index contributed by atoms with van der Waals surface area (Å²) in [4.78, 5) is 12.3. The van der Waals surface area contributed by atoms with Crippen molar-refractivity contribution in [3.8, 4) is 11.5 Å². The highest BCUT2D eigenvalue weighted by molar-refractivity contribution is 5.96. The van der Waals surface area contributed by atoms with Gasteiger partial charge in [-0.25, -0.2) is 5.43 Å². The molecule has 0 aliphatic carbocycles. The molecule has 1 amide bonds. The first-order valence-corrected chi connectivity index (χ1v) is 8.52. The average molecular weight is 363 g/mol. The number of nitrogens with zero attached hydrogens (tertiary/aromatic N) is 1. The number of amides is 1. The van der Waals surface area contributed by atoms with Crippen molar-refractivity contribution in [3.63, 3.8) is 0 Å². The Morgan fingerprint density at radius 3 is 2.74 bits per heavy atom. The highest BCUT2D eigenvalue weighted by atomic mass is 16.5. The Kier molecular flexibility index (Phi) is 5.56. The van der Waals surface area contributed by atoms with Crippen LogP contribution in [0.3, 0.4) is 0 Å². The Hall–Kier alpha value is -3.54. The lowest BCUT2D eigenvalue weighted by molar-refractivity contribution is -0.121. The van der Waals surface area contributed by atoms with Crippen LogP contribution in [0.15, 0.2) is 65.8 Å². The molecule has 6 heteroatoms. The molecule has 138 valence electrons. The van der Waals surface area contributed by atoms with Gasteiger partial charge in [-0.05, 0) is 36.6 Å². The van der Waals surface area contributed by atoms with E-state index in [0.717, 1.165) is 16.5 Å². The van der Waals surface area contributed by atoms with Gasteiger partial charge < -0.3 is 15.2 Å². The van der Waals surface area contributed by atoms with Crippen LogP contribution in [0, 0.1) is 0 Å². The zero-order chi connectivity index (χ0) is 19.2. The molecule has 0 heterocycles. The molecule has 0 saturated heterocycles. The van der Waals surface area contributed by atoms with Crippen molar-refractivity contribution >= 4 is 28.6 Å². The Labute approximate surface area is 157 Å². The second kappa shape index (κ2) is 8.23. The SMILES string of the molecule is COc1ccc(O)c(/C=N/NC(=O)C(C)Nc2cccc3ccccc23)c1. The van der Waals surface area contributed by atoms with Crippen LogP contribution in [0.25, 0.3) is 10.8 Å². The molecule has 0 saturated carbocycles. The van der Waals surface area contributed by atoms with Gasteiger partial charge in [-0.2, -0.15) is 5.10 Å². The van der Waals surface area contributed by atoms with E-state index in [1.54, 1.807) is 19.1 Å². The summed E-state index contributed by atoms with van der Waals surface area (Å²) in [6.07, 6.45) is 1.38. The van der Waals surface area contributed by atoms with E-state index in [4.69, 9.17) is 4.74 Å². The van der Waals surface area contributed by atoms with Crippen LogP contribution in [0.2, 0.25) is 0 Å². The molecule has 0 radical (unpaired) electrons. The van der Waals surface area contributed by atoms with Crippen molar-refractivity contribution < 1.29 is 14.6 Å². The topological polar surface area (TPSA) is 83.0 Å². The van der Waals surface area contributed by atoms with Crippen molar-refractivity contribution in [1.82, 2.24) is 5.43 Å². The number of nitrogens with one attached hydrogen (secondary N) is 2. The minimum Gasteiger partial charge on any atom is -0.507 e. The first kappa shape index (κ1) is 18.3. The van der Waals surface area contributed by atoms with Gasteiger partial charge in [0.2, 0.25) is 0 Å². The number of benzene rings is 3. The van der Waals surface area contributed by atoms with Crippen molar-refractivity contribution in [1.29, 1.82) is 0 Å². The molecule has 1 unspecified atom stereocenters. The summed E-state index contributed by atoms with van der Waals surface area (Å²) in [6, 6.07) is 18.2. The number of anilines is 1. The van der Waals surface area contributed by atoms with Gasteiger partial charge in [0.05, 0.1) is 13.3 Å². The number of hydrogen-bond donors (Lipinski definition) is 3. The predicted molar refractivity (Wildman–Crippen MR) is 107 cm³/mol. The highest BCUT2D eigenvalue weighted by Crippen LogP contribution is 2.23. The molecule has 0 aliphatic heterocycles. The molecule has 3 aromatic carbocycles. The number of rotatable bonds is 6. The number of fused-ring (bicyclic) bond motifs is 1. The van der Waals surface area contributed by atoms with Crippen LogP contribution in [0.1, 0.15) is 12.5 Å². The van der Waals surface area contributed by atoms with Gasteiger partial charge in [0.25, 0.3) is 5.91 Å². The zero-order valence-corrected chi connectivity index (χ0v) is 15.1. The van der Waals surface area contributed by atoms with Crippen molar-refractivity contribution in [2.75, 3.05) is 12.4 Å². The lowest BCUT2D eigenvalue weighted by atomic mass is 10.1. The van der Waals surface area contributed by atoms with Gasteiger partial charge in [-0.15, -0.1) is 0 Å². The maximum Gasteiger partial charge on any atom is 0.262 e. The number of hydrogen-bond acceptors (Lipinski definition) is 5. The van der Waals surface area contributed by atoms with E-state index in [9.17, 15) is 9.90 Å². The average Bonchev–Trinajstić information content (AvgIpc) is 2.69. The van der Waals surface area contributed by atoms with Crippen LogP contribution in [-0.4, -0.2) is 30.4 Å². The van der Waals surface area contributed by atoms with Gasteiger partial charge >= 0.3 is 0 Å². The summed E-state index contributed by atoms with van der Waals surface area (Å²) in [7, 11) is 1.54. The quantitative estimate of drug-likeness (QED) is 0.462. The number of ether oxygens (including phenoxy) is 1. The monoisotopic (exact) mass is 363 g/mol. The fourth-order valence-corrected chi connectivity index (χ4v) is 2.68. The van der Waals surface area contributed by atoms with E-state index in [1.807, 2.05) is 42.5 Å². The minimum atomic E-state index is -0.494. The Balaban J connectivity index is 1.66. The number of carbonyl (C=O) groups excluding carboxylic acids is 1. The summed E-state index contributed by atoms with van der Waals surface area (Å²) in [5, 5.41) is 19.1. The number of methoxy groups -OCH3 is 1. The molecule has 27 heavy (non-hydrogen) atoms. The van der Waals surface area contributed by atoms with Crippen molar-refractivity contribution in [2.45, 2.75) is 13.0 Å². The molecule has 1 atom stereocenters. The van der Waals surface area contributed by atoms with E-state index in [2.05, 4.69) is 15.8 Å². The van der Waals surface area contributed by atoms with Crippen LogP contribution < -0.4 is 15.5 Å². The number of phenols is 1. The van der Waals surface area contributed by atoms with E-state index in [-0.39, 0.29) is 11.7 Å². The molecule has 0 aromatic heterocycles. The zero-order valence-electron chi connectivity index (χ0n) is 15.1. The van der Waals surface area contributed by atoms with Gasteiger partial charge in [-0.3, -0.25) is 4.79 Å². The second-order valence-corrected chi connectivity index (χ2v) is 6.05. The van der Waals surface area contributed by atoms with Crippen molar-refractivity contribution in [2.24, 2.45) is 5.10 Å². The largest absolute Gasteiger partial charge is 0.507 e. The molecule has 0 fully saturated rings. The number of carbonyl (C=O) groups is 1. The molecule has 0 bridgehead atoms. The summed E-state index contributed by atoms with van der Waals surface area (Å²) in [6.45, 7) is 1.76. The van der Waals surface area contributed by atoms with Gasteiger partial charge in [0, 0.05) is 16.6 Å². The summed E-state index contributed by atoms with van der Waals surface area (Å²) >= 11 is 0. The van der Waals surface area contributed by atoms with Crippen LogP contribution >= 0.6 is 0 Å². The fraction of sp³-hybridized carbons (Fsp3) is 0.143. The van der Waals surface area contributed by atoms with E-state index in [1.165, 1.54) is 19.4 Å². The first-order chi connectivity index (χ1) is 13.1. The molecule has 3 rings (SSSR count). The third-order valence-corrected chi connectivity index (χ3v) is 4.17. The number of phenolic OH excluding ortho intramolecular Hbond substituents is 1. The molecule has 3 N–H and O–H groups in total. The van der Waals surface area contributed by atoms with Crippen LogP contribution in [0.4, 0.5) is 5.69 Å². The van der Waals surface area contributed by atoms with Gasteiger partial charge in [0.1, 0.15) is 17.5 Å². The Morgan fingerprint density at radius 1 is 1.15 bits per heavy atom.